The summed E-state index contributed by atoms with van der Waals surface area (Å²) in [6.07, 6.45) is -0.632. The Morgan fingerprint density at radius 3 is 2.53 bits per heavy atom. The summed E-state index contributed by atoms with van der Waals surface area (Å²) in [6.45, 7) is 6.70. The lowest BCUT2D eigenvalue weighted by Gasteiger charge is -2.63. The Morgan fingerprint density at radius 2 is 1.83 bits per heavy atom. The van der Waals surface area contributed by atoms with Gasteiger partial charge in [-0.2, -0.15) is 0 Å². The van der Waals surface area contributed by atoms with Gasteiger partial charge in [-0.25, -0.2) is 8.78 Å². The number of carbonyl (C=O) groups excluding carboxylic acids is 2. The van der Waals surface area contributed by atoms with Gasteiger partial charge in [-0.15, -0.1) is 0 Å². The van der Waals surface area contributed by atoms with Crippen LogP contribution >= 0.6 is 0 Å². The molecule has 2 aromatic carbocycles. The minimum atomic E-state index is -2.29. The van der Waals surface area contributed by atoms with E-state index >= 15 is 8.78 Å². The molecule has 0 amide bonds. The number of alkyl halides is 2. The summed E-state index contributed by atoms with van der Waals surface area (Å²) in [5.74, 6) is -2.58. The van der Waals surface area contributed by atoms with Crippen molar-refractivity contribution in [2.24, 2.45) is 22.7 Å². The van der Waals surface area contributed by atoms with Crippen molar-refractivity contribution in [2.45, 2.75) is 95.4 Å². The highest BCUT2D eigenvalue weighted by Crippen LogP contribution is 2.72. The highest BCUT2D eigenvalue weighted by molar-refractivity contribution is 6.01. The molecule has 0 aromatic heterocycles. The maximum absolute atomic E-state index is 17.6. The molecule has 0 spiro atoms. The standard InChI is InChI=1S/C38H43F2NO6/c1-21(2)41-25-7-5-6-23(15-25)14-22-8-10-24(11-9-22)34-46-33-18-27-28-17-30(39)29-16-26(43)12-13-35(29,3)37(28,40)31(44)19-36(27,4)38(33,47-34)32(45)20-42/h5-13,15-16,21,27-28,30-31,33-34,41-42,44H,14,17-20H2,1-4H3/t27-,28-,30-,31-,33+,34-,35-,36-,37-,38+/m0/s1. The number of ether oxygens (including phenoxy) is 2. The number of hydrogen-bond acceptors (Lipinski definition) is 7. The van der Waals surface area contributed by atoms with E-state index < -0.39 is 76.8 Å². The summed E-state index contributed by atoms with van der Waals surface area (Å²) in [6, 6.07) is 16.4. The van der Waals surface area contributed by atoms with Crippen LogP contribution in [0.5, 0.6) is 0 Å². The second kappa shape index (κ2) is 11.2. The monoisotopic (exact) mass is 647 g/mol. The normalized spacial score (nSPS) is 40.4. The molecular weight excluding hydrogens is 604 g/mol. The number of ketones is 2. The molecule has 1 aliphatic heterocycles. The molecule has 4 aliphatic carbocycles. The van der Waals surface area contributed by atoms with Crippen LogP contribution in [0.15, 0.2) is 72.3 Å². The smallest absolute Gasteiger partial charge is 0.193 e. The lowest BCUT2D eigenvalue weighted by molar-refractivity contribution is -0.235. The molecule has 47 heavy (non-hydrogen) atoms. The summed E-state index contributed by atoms with van der Waals surface area (Å²) < 4.78 is 46.5. The van der Waals surface area contributed by atoms with Crippen LogP contribution in [0, 0.1) is 22.7 Å². The van der Waals surface area contributed by atoms with Gasteiger partial charge in [-0.1, -0.05) is 49.4 Å². The Bertz CT molecular complexity index is 1660. The van der Waals surface area contributed by atoms with E-state index in [9.17, 15) is 19.8 Å². The van der Waals surface area contributed by atoms with Crippen LogP contribution in [0.1, 0.15) is 69.9 Å². The lowest BCUT2D eigenvalue weighted by Crippen LogP contribution is -2.70. The van der Waals surface area contributed by atoms with E-state index in [0.717, 1.165) is 22.9 Å². The molecule has 0 bridgehead atoms. The molecule has 1 heterocycles. The number of aliphatic hydroxyl groups excluding tert-OH is 2. The topological polar surface area (TPSA) is 105 Å². The Morgan fingerprint density at radius 1 is 1.09 bits per heavy atom. The van der Waals surface area contributed by atoms with Gasteiger partial charge in [0.2, 0.25) is 0 Å². The van der Waals surface area contributed by atoms with Crippen molar-refractivity contribution in [3.05, 3.63) is 89.0 Å². The van der Waals surface area contributed by atoms with E-state index in [1.165, 1.54) is 12.2 Å². The van der Waals surface area contributed by atoms with Gasteiger partial charge in [-0.3, -0.25) is 9.59 Å². The largest absolute Gasteiger partial charge is 0.390 e. The Kier molecular flexibility index (Phi) is 7.67. The van der Waals surface area contributed by atoms with Gasteiger partial charge in [0, 0.05) is 34.0 Å². The number of aliphatic hydroxyl groups is 2. The van der Waals surface area contributed by atoms with Crippen LogP contribution in [0.2, 0.25) is 0 Å². The molecule has 4 fully saturated rings. The van der Waals surface area contributed by atoms with Gasteiger partial charge in [0.25, 0.3) is 0 Å². The number of anilines is 1. The van der Waals surface area contributed by atoms with E-state index in [2.05, 4.69) is 31.3 Å². The van der Waals surface area contributed by atoms with Gasteiger partial charge >= 0.3 is 0 Å². The number of benzene rings is 2. The van der Waals surface area contributed by atoms with Gasteiger partial charge in [0.15, 0.2) is 29.1 Å². The van der Waals surface area contributed by atoms with Crippen LogP contribution in [-0.2, 0) is 25.5 Å². The first-order valence-corrected chi connectivity index (χ1v) is 16.6. The summed E-state index contributed by atoms with van der Waals surface area (Å²) in [7, 11) is 0. The van der Waals surface area contributed by atoms with Gasteiger partial charge < -0.3 is 25.0 Å². The molecular formula is C38H43F2NO6. The van der Waals surface area contributed by atoms with E-state index in [0.29, 0.717) is 18.0 Å². The van der Waals surface area contributed by atoms with Crippen molar-refractivity contribution < 1.29 is 38.1 Å². The first-order valence-electron chi connectivity index (χ1n) is 16.6. The quantitative estimate of drug-likeness (QED) is 0.352. The summed E-state index contributed by atoms with van der Waals surface area (Å²) in [5, 5.41) is 25.3. The van der Waals surface area contributed by atoms with E-state index in [4.69, 9.17) is 9.47 Å². The number of carbonyl (C=O) groups is 2. The van der Waals surface area contributed by atoms with E-state index in [1.54, 1.807) is 13.8 Å². The molecule has 7 rings (SSSR count). The molecule has 3 saturated carbocycles. The molecule has 0 unspecified atom stereocenters. The number of nitrogens with one attached hydrogen (secondary N) is 1. The zero-order valence-electron chi connectivity index (χ0n) is 27.2. The summed E-state index contributed by atoms with van der Waals surface area (Å²) in [5.41, 5.74) is -2.61. The predicted molar refractivity (Wildman–Crippen MR) is 172 cm³/mol. The molecule has 3 N–H and O–H groups in total. The minimum absolute atomic E-state index is 0.0432. The molecule has 5 aliphatic rings. The number of halogens is 2. The average Bonchev–Trinajstić information content (AvgIpc) is 3.53. The highest BCUT2D eigenvalue weighted by Gasteiger charge is 2.80. The molecule has 7 nitrogen and oxygen atoms in total. The first-order chi connectivity index (χ1) is 22.3. The summed E-state index contributed by atoms with van der Waals surface area (Å²) in [4.78, 5) is 25.9. The van der Waals surface area contributed by atoms with Crippen molar-refractivity contribution in [1.29, 1.82) is 0 Å². The predicted octanol–water partition coefficient (Wildman–Crippen LogP) is 5.74. The van der Waals surface area contributed by atoms with Crippen molar-refractivity contribution in [1.82, 2.24) is 0 Å². The molecule has 250 valence electrons. The maximum atomic E-state index is 17.6. The number of hydrogen-bond donors (Lipinski definition) is 3. The van der Waals surface area contributed by atoms with Crippen molar-refractivity contribution in [3.63, 3.8) is 0 Å². The Balaban J connectivity index is 1.17. The number of fused-ring (bicyclic) bond motifs is 7. The van der Waals surface area contributed by atoms with Gasteiger partial charge in [0.1, 0.15) is 12.8 Å². The van der Waals surface area contributed by atoms with Crippen molar-refractivity contribution in [2.75, 3.05) is 11.9 Å². The zero-order chi connectivity index (χ0) is 33.5. The minimum Gasteiger partial charge on any atom is -0.390 e. The van der Waals surface area contributed by atoms with Gasteiger partial charge in [-0.05, 0) is 93.4 Å². The fourth-order valence-electron chi connectivity index (χ4n) is 9.85. The fraction of sp³-hybridized carbons (Fsp3) is 0.526. The van der Waals surface area contributed by atoms with Crippen molar-refractivity contribution >= 4 is 17.3 Å². The third-order valence-electron chi connectivity index (χ3n) is 12.0. The number of allylic oxidation sites excluding steroid dienone is 4. The molecule has 0 radical (unpaired) electrons. The first kappa shape index (κ1) is 32.3. The average molecular weight is 648 g/mol. The van der Waals surface area contributed by atoms with Crippen LogP contribution in [0.4, 0.5) is 14.5 Å². The number of rotatable bonds is 7. The Labute approximate surface area is 274 Å². The van der Waals surface area contributed by atoms with Gasteiger partial charge in [0.05, 0.1) is 12.2 Å². The van der Waals surface area contributed by atoms with Crippen LogP contribution in [0.25, 0.3) is 0 Å². The molecule has 1 saturated heterocycles. The highest BCUT2D eigenvalue weighted by atomic mass is 19.1. The third-order valence-corrected chi connectivity index (χ3v) is 12.0. The fourth-order valence-corrected chi connectivity index (χ4v) is 9.85. The SMILES string of the molecule is CC(C)Nc1cccc(Cc2ccc([C@H]3O[C@@H]4C[C@H]5[C@@H]6C[C@H](F)C7=CC(=O)C=C[C@]7(C)[C@@]6(F)[C@@H](O)C[C@]5(C)[C@]4(C(=O)CO)O3)cc2)c1. The lowest BCUT2D eigenvalue weighted by atomic mass is 9.44. The van der Waals surface area contributed by atoms with Crippen LogP contribution < -0.4 is 5.32 Å². The second-order valence-electron chi connectivity index (χ2n) is 14.9. The van der Waals surface area contributed by atoms with Crippen LogP contribution in [0.3, 0.4) is 0 Å². The third kappa shape index (κ3) is 4.56. The van der Waals surface area contributed by atoms with E-state index in [1.807, 2.05) is 36.4 Å². The summed E-state index contributed by atoms with van der Waals surface area (Å²) >= 11 is 0. The zero-order valence-corrected chi connectivity index (χ0v) is 27.2. The second-order valence-corrected chi connectivity index (χ2v) is 14.9. The van der Waals surface area contributed by atoms with Crippen LogP contribution in [-0.4, -0.2) is 64.1 Å². The van der Waals surface area contributed by atoms with E-state index in [-0.39, 0.29) is 24.8 Å². The Hall–Kier alpha value is -3.24. The maximum Gasteiger partial charge on any atom is 0.193 e. The van der Waals surface area contributed by atoms with Crippen molar-refractivity contribution in [3.8, 4) is 0 Å². The molecule has 10 atom stereocenters. The molecule has 9 heteroatoms. The number of Topliss-reactive ketones (excluding diaryl/α,β-unsaturated/α-hetero) is 1. The molecule has 2 aromatic rings.